The molecule has 0 amide bonds. The molecular weight excluding hydrogens is 248 g/mol. The van der Waals surface area contributed by atoms with Crippen LogP contribution in [0.1, 0.15) is 0 Å². The fourth-order valence-electron chi connectivity index (χ4n) is 1.06. The van der Waals surface area contributed by atoms with Crippen LogP contribution in [-0.4, -0.2) is 19.7 Å². The Hall–Kier alpha value is -1.31. The molecule has 0 bridgehead atoms. The zero-order valence-corrected chi connectivity index (χ0v) is 9.96. The fraction of sp³-hybridized carbons (Fsp3) is 0.125. The summed E-state index contributed by atoms with van der Waals surface area (Å²) in [4.78, 5) is 8.98. The van der Waals surface area contributed by atoms with Gasteiger partial charge in [-0.1, -0.05) is 23.4 Å². The van der Waals surface area contributed by atoms with Crippen LogP contribution in [0.4, 0.5) is 5.95 Å². The van der Waals surface area contributed by atoms with Crippen LogP contribution in [0.25, 0.3) is 0 Å². The van der Waals surface area contributed by atoms with Crippen molar-refractivity contribution in [2.75, 3.05) is 5.43 Å². The second-order valence-electron chi connectivity index (χ2n) is 2.94. The molecule has 0 aromatic carbocycles. The van der Waals surface area contributed by atoms with Crippen molar-refractivity contribution in [3.05, 3.63) is 23.6 Å². The van der Waals surface area contributed by atoms with Crippen molar-refractivity contribution in [1.29, 1.82) is 0 Å². The highest BCUT2D eigenvalue weighted by Crippen LogP contribution is 2.31. The first-order valence-electron chi connectivity index (χ1n) is 4.34. The van der Waals surface area contributed by atoms with Crippen LogP contribution in [0.2, 0.25) is 5.02 Å². The summed E-state index contributed by atoms with van der Waals surface area (Å²) in [6.07, 6.45) is 5.11. The van der Waals surface area contributed by atoms with E-state index in [4.69, 9.17) is 17.4 Å². The third kappa shape index (κ3) is 2.43. The number of nitrogen functional groups attached to an aromatic ring is 1. The Kier molecular flexibility index (Phi) is 3.28. The third-order valence-electron chi connectivity index (χ3n) is 1.74. The smallest absolute Gasteiger partial charge is 0.238 e. The molecule has 0 saturated heterocycles. The number of aromatic nitrogens is 4. The molecule has 0 fully saturated rings. The zero-order chi connectivity index (χ0) is 11.5. The van der Waals surface area contributed by atoms with Gasteiger partial charge < -0.3 is 0 Å². The average molecular weight is 257 g/mol. The quantitative estimate of drug-likeness (QED) is 0.489. The Morgan fingerprint density at radius 3 is 2.94 bits per heavy atom. The minimum atomic E-state index is 0.329. The lowest BCUT2D eigenvalue weighted by Crippen LogP contribution is -2.10. The highest BCUT2D eigenvalue weighted by molar-refractivity contribution is 7.99. The Morgan fingerprint density at radius 1 is 1.50 bits per heavy atom. The van der Waals surface area contributed by atoms with E-state index in [-0.39, 0.29) is 0 Å². The Labute approximate surface area is 101 Å². The van der Waals surface area contributed by atoms with Crippen LogP contribution in [0.15, 0.2) is 28.5 Å². The topological polar surface area (TPSA) is 81.7 Å². The first kappa shape index (κ1) is 11.2. The van der Waals surface area contributed by atoms with Gasteiger partial charge in [-0.05, 0) is 0 Å². The summed E-state index contributed by atoms with van der Waals surface area (Å²) >= 11 is 7.37. The summed E-state index contributed by atoms with van der Waals surface area (Å²) in [7, 11) is 1.85. The molecule has 6 nitrogen and oxygen atoms in total. The van der Waals surface area contributed by atoms with Crippen molar-refractivity contribution in [2.24, 2.45) is 12.9 Å². The Morgan fingerprint density at radius 2 is 2.31 bits per heavy atom. The zero-order valence-electron chi connectivity index (χ0n) is 8.38. The van der Waals surface area contributed by atoms with E-state index in [1.54, 1.807) is 10.9 Å². The molecule has 2 heterocycles. The largest absolute Gasteiger partial charge is 0.292 e. The first-order chi connectivity index (χ1) is 7.69. The van der Waals surface area contributed by atoms with Crippen LogP contribution in [-0.2, 0) is 7.05 Å². The number of rotatable bonds is 3. The van der Waals surface area contributed by atoms with Gasteiger partial charge >= 0.3 is 0 Å². The molecule has 84 valence electrons. The lowest BCUT2D eigenvalue weighted by molar-refractivity contribution is 0.766. The molecule has 2 aromatic rings. The summed E-state index contributed by atoms with van der Waals surface area (Å²) in [5, 5.41) is 5.17. The second-order valence-corrected chi connectivity index (χ2v) is 4.41. The van der Waals surface area contributed by atoms with E-state index in [1.165, 1.54) is 18.0 Å². The number of nitrogens with one attached hydrogen (secondary N) is 1. The number of hydrazine groups is 1. The maximum atomic E-state index is 5.97. The highest BCUT2D eigenvalue weighted by Gasteiger charge is 2.08. The molecule has 8 heteroatoms. The van der Waals surface area contributed by atoms with Gasteiger partial charge in [0.25, 0.3) is 0 Å². The molecule has 2 rings (SSSR count). The molecular formula is C8H9ClN6S. The van der Waals surface area contributed by atoms with Gasteiger partial charge in [-0.2, -0.15) is 5.10 Å². The first-order valence-corrected chi connectivity index (χ1v) is 5.54. The number of nitrogens with zero attached hydrogens (tertiary/aromatic N) is 4. The molecule has 16 heavy (non-hydrogen) atoms. The third-order valence-corrected chi connectivity index (χ3v) is 3.08. The van der Waals surface area contributed by atoms with E-state index in [0.29, 0.717) is 16.0 Å². The second kappa shape index (κ2) is 4.69. The molecule has 2 aromatic heterocycles. The number of nitrogens with two attached hydrogens (primary N) is 1. The van der Waals surface area contributed by atoms with Crippen molar-refractivity contribution in [3.63, 3.8) is 0 Å². The summed E-state index contributed by atoms with van der Waals surface area (Å²) < 4.78 is 1.71. The minimum Gasteiger partial charge on any atom is -0.292 e. The van der Waals surface area contributed by atoms with Crippen LogP contribution in [0, 0.1) is 0 Å². The van der Waals surface area contributed by atoms with Crippen LogP contribution >= 0.6 is 23.4 Å². The van der Waals surface area contributed by atoms with Gasteiger partial charge in [-0.25, -0.2) is 15.8 Å². The van der Waals surface area contributed by atoms with Crippen molar-refractivity contribution in [2.45, 2.75) is 9.92 Å². The van der Waals surface area contributed by atoms with Crippen molar-refractivity contribution >= 4 is 29.3 Å². The van der Waals surface area contributed by atoms with Crippen molar-refractivity contribution in [1.82, 2.24) is 19.7 Å². The standard InChI is InChI=1S/C8H9ClN6S/c1-15-4-5(2-12-15)16-7-6(9)3-11-8(13-7)14-10/h2-4H,10H2,1H3,(H,11,13,14). The van der Waals surface area contributed by atoms with Crippen LogP contribution in [0.5, 0.6) is 0 Å². The average Bonchev–Trinajstić information content (AvgIpc) is 2.67. The molecule has 0 aliphatic heterocycles. The summed E-state index contributed by atoms with van der Waals surface area (Å²) in [6.45, 7) is 0. The van der Waals surface area contributed by atoms with Crippen molar-refractivity contribution in [3.8, 4) is 0 Å². The molecule has 0 spiro atoms. The van der Waals surface area contributed by atoms with Gasteiger partial charge in [0.1, 0.15) is 5.03 Å². The number of anilines is 1. The van der Waals surface area contributed by atoms with Gasteiger partial charge in [-0.15, -0.1) is 0 Å². The summed E-state index contributed by atoms with van der Waals surface area (Å²) in [5.41, 5.74) is 2.37. The Bertz CT molecular complexity index is 499. The van der Waals surface area contributed by atoms with Gasteiger partial charge in [0, 0.05) is 13.2 Å². The fourth-order valence-corrected chi connectivity index (χ4v) is 2.07. The maximum absolute atomic E-state index is 5.97. The molecule has 0 unspecified atom stereocenters. The number of halogens is 1. The van der Waals surface area contributed by atoms with Gasteiger partial charge in [0.05, 0.1) is 22.3 Å². The monoisotopic (exact) mass is 256 g/mol. The summed E-state index contributed by atoms with van der Waals surface area (Å²) in [6, 6.07) is 0. The van der Waals surface area contributed by atoms with Crippen molar-refractivity contribution < 1.29 is 0 Å². The van der Waals surface area contributed by atoms with Crippen LogP contribution in [0.3, 0.4) is 0 Å². The molecule has 0 saturated carbocycles. The van der Waals surface area contributed by atoms with E-state index in [1.807, 2.05) is 13.2 Å². The number of hydrogen-bond donors (Lipinski definition) is 2. The SMILES string of the molecule is Cn1cc(Sc2nc(NN)ncc2Cl)cn1. The van der Waals surface area contributed by atoms with E-state index in [9.17, 15) is 0 Å². The van der Waals surface area contributed by atoms with E-state index >= 15 is 0 Å². The summed E-state index contributed by atoms with van der Waals surface area (Å²) in [5.74, 6) is 5.55. The van der Waals surface area contributed by atoms with E-state index in [2.05, 4.69) is 20.5 Å². The van der Waals surface area contributed by atoms with Gasteiger partial charge in [0.2, 0.25) is 5.95 Å². The molecule has 0 aliphatic rings. The van der Waals surface area contributed by atoms with Gasteiger partial charge in [0.15, 0.2) is 0 Å². The molecule has 3 N–H and O–H groups in total. The maximum Gasteiger partial charge on any atom is 0.238 e. The minimum absolute atomic E-state index is 0.329. The number of hydrogen-bond acceptors (Lipinski definition) is 6. The predicted octanol–water partition coefficient (Wildman–Crippen LogP) is 1.30. The molecule has 0 atom stereocenters. The highest BCUT2D eigenvalue weighted by atomic mass is 35.5. The lowest BCUT2D eigenvalue weighted by atomic mass is 10.7. The van der Waals surface area contributed by atoms with Crippen LogP contribution < -0.4 is 11.3 Å². The predicted molar refractivity (Wildman–Crippen MR) is 62.2 cm³/mol. The van der Waals surface area contributed by atoms with E-state index in [0.717, 1.165) is 4.90 Å². The molecule has 0 aliphatic carbocycles. The molecule has 0 radical (unpaired) electrons. The van der Waals surface area contributed by atoms with E-state index < -0.39 is 0 Å². The lowest BCUT2D eigenvalue weighted by Gasteiger charge is -2.03. The van der Waals surface area contributed by atoms with Gasteiger partial charge in [-0.3, -0.25) is 10.1 Å². The number of aryl methyl sites for hydroxylation is 1. The Balaban J connectivity index is 2.26. The normalized spacial score (nSPS) is 10.4.